The number of benzene rings is 2. The second-order valence-electron chi connectivity index (χ2n) is 7.83. The largest absolute Gasteiger partial charge is 0.525 e. The van der Waals surface area contributed by atoms with Crippen LogP contribution in [0.15, 0.2) is 64.8 Å². The van der Waals surface area contributed by atoms with Crippen molar-refractivity contribution >= 4 is 28.6 Å². The Bertz CT molecular complexity index is 819. The molecule has 3 nitrogen and oxygen atoms in total. The van der Waals surface area contributed by atoms with Crippen LogP contribution >= 0.6 is 15.9 Å². The monoisotopic (exact) mass is 446 g/mol. The van der Waals surface area contributed by atoms with Crippen LogP contribution in [0.25, 0.3) is 5.57 Å². The van der Waals surface area contributed by atoms with Gasteiger partial charge in [0, 0.05) is 10.9 Å². The fourth-order valence-electron chi connectivity index (χ4n) is 2.93. The summed E-state index contributed by atoms with van der Waals surface area (Å²) < 4.78 is 34.1. The van der Waals surface area contributed by atoms with Gasteiger partial charge in [-0.3, -0.25) is 0 Å². The van der Waals surface area contributed by atoms with E-state index >= 15 is 4.39 Å². The van der Waals surface area contributed by atoms with Gasteiger partial charge in [-0.2, -0.15) is 0 Å². The Kier molecular flexibility index (Phi) is 6.32. The first-order valence-corrected chi connectivity index (χ1v) is 10.2. The Balaban J connectivity index is 1.85. The number of para-hydroxylation sites is 1. The predicted molar refractivity (Wildman–Crippen MR) is 115 cm³/mol. The zero-order valence-electron chi connectivity index (χ0n) is 16.7. The molecule has 6 heteroatoms. The molecule has 148 valence electrons. The molecule has 0 spiro atoms. The molecule has 1 aliphatic rings. The molecule has 0 radical (unpaired) electrons. The third-order valence-electron chi connectivity index (χ3n) is 5.31. The normalized spacial score (nSPS) is 18.7. The standard InChI is InChI=1S/C22H25BBrFO3/c1-21(2)22(3,4)28-23(27-21)20(25)19(16-10-12-17(24)13-11-16)14-15-26-18-8-6-5-7-9-18/h5-13H,14-15H2,1-4H3. The maximum absolute atomic E-state index is 15.5. The number of rotatable bonds is 6. The molecular weight excluding hydrogens is 422 g/mol. The summed E-state index contributed by atoms with van der Waals surface area (Å²) in [7, 11) is -1.03. The zero-order chi connectivity index (χ0) is 20.4. The Morgan fingerprint density at radius 1 is 0.964 bits per heavy atom. The molecule has 0 bridgehead atoms. The van der Waals surface area contributed by atoms with Crippen LogP contribution in [0.3, 0.4) is 0 Å². The van der Waals surface area contributed by atoms with Gasteiger partial charge in [-0.1, -0.05) is 46.3 Å². The van der Waals surface area contributed by atoms with Crippen LogP contribution in [0.2, 0.25) is 0 Å². The second-order valence-corrected chi connectivity index (χ2v) is 8.75. The van der Waals surface area contributed by atoms with E-state index in [4.69, 9.17) is 14.0 Å². The lowest BCUT2D eigenvalue weighted by Crippen LogP contribution is -2.41. The molecule has 0 saturated carbocycles. The Morgan fingerprint density at radius 2 is 1.54 bits per heavy atom. The second kappa shape index (κ2) is 8.40. The molecular formula is C22H25BBrFO3. The van der Waals surface area contributed by atoms with Crippen LogP contribution in [0.1, 0.15) is 39.7 Å². The van der Waals surface area contributed by atoms with E-state index in [-0.39, 0.29) is 0 Å². The van der Waals surface area contributed by atoms with E-state index in [1.165, 1.54) is 0 Å². The summed E-state index contributed by atoms with van der Waals surface area (Å²) in [5.41, 5.74) is -0.285. The van der Waals surface area contributed by atoms with Gasteiger partial charge in [-0.25, -0.2) is 4.39 Å². The van der Waals surface area contributed by atoms with Gasteiger partial charge < -0.3 is 14.0 Å². The molecule has 1 fully saturated rings. The number of hydrogen-bond donors (Lipinski definition) is 0. The van der Waals surface area contributed by atoms with E-state index in [9.17, 15) is 0 Å². The summed E-state index contributed by atoms with van der Waals surface area (Å²) in [4.78, 5) is 0. The Morgan fingerprint density at radius 3 is 2.11 bits per heavy atom. The van der Waals surface area contributed by atoms with Crippen molar-refractivity contribution in [3.05, 3.63) is 70.4 Å². The van der Waals surface area contributed by atoms with Crippen LogP contribution in [0.4, 0.5) is 4.39 Å². The molecule has 0 amide bonds. The van der Waals surface area contributed by atoms with Crippen molar-refractivity contribution in [1.29, 1.82) is 0 Å². The molecule has 3 rings (SSSR count). The molecule has 0 unspecified atom stereocenters. The lowest BCUT2D eigenvalue weighted by atomic mass is 9.82. The lowest BCUT2D eigenvalue weighted by molar-refractivity contribution is 0.00578. The highest BCUT2D eigenvalue weighted by molar-refractivity contribution is 9.10. The van der Waals surface area contributed by atoms with Gasteiger partial charge in [0.1, 0.15) is 11.5 Å². The Hall–Kier alpha value is -1.63. The van der Waals surface area contributed by atoms with E-state index in [2.05, 4.69) is 15.9 Å². The fourth-order valence-corrected chi connectivity index (χ4v) is 3.19. The van der Waals surface area contributed by atoms with Gasteiger partial charge in [0.05, 0.1) is 17.8 Å². The molecule has 28 heavy (non-hydrogen) atoms. The fraction of sp³-hybridized carbons (Fsp3) is 0.364. The van der Waals surface area contributed by atoms with E-state index in [0.717, 1.165) is 15.8 Å². The zero-order valence-corrected chi connectivity index (χ0v) is 18.3. The quantitative estimate of drug-likeness (QED) is 0.492. The van der Waals surface area contributed by atoms with E-state index in [1.807, 2.05) is 82.3 Å². The summed E-state index contributed by atoms with van der Waals surface area (Å²) >= 11 is 3.43. The van der Waals surface area contributed by atoms with E-state index in [0.29, 0.717) is 18.6 Å². The van der Waals surface area contributed by atoms with Crippen molar-refractivity contribution in [2.45, 2.75) is 45.3 Å². The maximum atomic E-state index is 15.5. The van der Waals surface area contributed by atoms with Crippen LogP contribution in [0, 0.1) is 0 Å². The third-order valence-corrected chi connectivity index (χ3v) is 5.83. The average molecular weight is 447 g/mol. The minimum Gasteiger partial charge on any atom is -0.493 e. The van der Waals surface area contributed by atoms with Crippen LogP contribution < -0.4 is 4.74 Å². The first kappa shape index (κ1) is 21.1. The SMILES string of the molecule is CC1(C)OB(C(F)=C(CCOc2ccccc2)c2ccc(Br)cc2)OC1(C)C. The minimum absolute atomic E-state index is 0.350. The molecule has 0 aliphatic carbocycles. The Labute approximate surface area is 175 Å². The van der Waals surface area contributed by atoms with Crippen molar-refractivity contribution in [3.63, 3.8) is 0 Å². The van der Waals surface area contributed by atoms with Gasteiger partial charge in [-0.15, -0.1) is 0 Å². The van der Waals surface area contributed by atoms with Crippen LogP contribution in [-0.2, 0) is 9.31 Å². The van der Waals surface area contributed by atoms with Gasteiger partial charge in [0.25, 0.3) is 0 Å². The van der Waals surface area contributed by atoms with Crippen LogP contribution in [-0.4, -0.2) is 24.9 Å². The molecule has 0 N–H and O–H groups in total. The maximum Gasteiger partial charge on any atom is 0.525 e. The van der Waals surface area contributed by atoms with Gasteiger partial charge in [0.2, 0.25) is 0 Å². The summed E-state index contributed by atoms with van der Waals surface area (Å²) in [5, 5.41) is 0. The predicted octanol–water partition coefficient (Wildman–Crippen LogP) is 6.23. The van der Waals surface area contributed by atoms with Crippen molar-refractivity contribution in [2.75, 3.05) is 6.61 Å². The third kappa shape index (κ3) is 4.67. The summed E-state index contributed by atoms with van der Waals surface area (Å²) in [6, 6.07) is 17.1. The minimum atomic E-state index is -1.03. The van der Waals surface area contributed by atoms with Gasteiger partial charge in [0.15, 0.2) is 0 Å². The number of ether oxygens (including phenoxy) is 1. The average Bonchev–Trinajstić information content (AvgIpc) is 2.88. The molecule has 0 atom stereocenters. The van der Waals surface area contributed by atoms with Crippen molar-refractivity contribution in [1.82, 2.24) is 0 Å². The lowest BCUT2D eigenvalue weighted by Gasteiger charge is -2.32. The van der Waals surface area contributed by atoms with Crippen molar-refractivity contribution in [2.24, 2.45) is 0 Å². The van der Waals surface area contributed by atoms with Crippen molar-refractivity contribution in [3.8, 4) is 5.75 Å². The van der Waals surface area contributed by atoms with E-state index < -0.39 is 24.0 Å². The molecule has 0 aromatic heterocycles. The molecule has 2 aromatic rings. The first-order valence-electron chi connectivity index (χ1n) is 9.37. The molecule has 1 aliphatic heterocycles. The number of hydrogen-bond acceptors (Lipinski definition) is 3. The summed E-state index contributed by atoms with van der Waals surface area (Å²) in [6.07, 6.45) is 0.395. The molecule has 1 heterocycles. The summed E-state index contributed by atoms with van der Waals surface area (Å²) in [6.45, 7) is 8.01. The molecule has 1 saturated heterocycles. The topological polar surface area (TPSA) is 27.7 Å². The smallest absolute Gasteiger partial charge is 0.493 e. The van der Waals surface area contributed by atoms with Crippen molar-refractivity contribution < 1.29 is 18.4 Å². The van der Waals surface area contributed by atoms with Gasteiger partial charge in [-0.05, 0) is 63.1 Å². The van der Waals surface area contributed by atoms with Gasteiger partial charge >= 0.3 is 7.12 Å². The van der Waals surface area contributed by atoms with Crippen LogP contribution in [0.5, 0.6) is 5.75 Å². The summed E-state index contributed by atoms with van der Waals surface area (Å²) in [5.74, 6) is 0.758. The number of halogens is 2. The highest BCUT2D eigenvalue weighted by atomic mass is 79.9. The highest BCUT2D eigenvalue weighted by Crippen LogP contribution is 2.40. The van der Waals surface area contributed by atoms with E-state index in [1.54, 1.807) is 0 Å². The first-order chi connectivity index (χ1) is 13.2. The molecule has 2 aromatic carbocycles. The highest BCUT2D eigenvalue weighted by Gasteiger charge is 2.53.